The van der Waals surface area contributed by atoms with Gasteiger partial charge in [-0.05, 0) is 5.41 Å². The van der Waals surface area contributed by atoms with E-state index in [9.17, 15) is 15.3 Å². The molecule has 0 bridgehead atoms. The van der Waals surface area contributed by atoms with Gasteiger partial charge in [-0.25, -0.2) is 10.4 Å². The molecule has 26 heavy (non-hydrogen) atoms. The summed E-state index contributed by atoms with van der Waals surface area (Å²) in [5.41, 5.74) is 9.16. The highest BCUT2D eigenvalue weighted by Gasteiger charge is 2.44. The van der Waals surface area contributed by atoms with Crippen molar-refractivity contribution < 1.29 is 20.1 Å². The predicted octanol–water partition coefficient (Wildman–Crippen LogP) is -0.536. The van der Waals surface area contributed by atoms with Gasteiger partial charge in [-0.15, -0.1) is 0 Å². The highest BCUT2D eigenvalue weighted by molar-refractivity contribution is 5.83. The van der Waals surface area contributed by atoms with Crippen LogP contribution in [0.1, 0.15) is 27.0 Å². The van der Waals surface area contributed by atoms with Crippen LogP contribution in [0, 0.1) is 5.41 Å². The second-order valence-corrected chi connectivity index (χ2v) is 7.22. The van der Waals surface area contributed by atoms with E-state index in [4.69, 9.17) is 10.5 Å². The number of ether oxygens (including phenoxy) is 1. The summed E-state index contributed by atoms with van der Waals surface area (Å²) in [6.07, 6.45) is -1.25. The van der Waals surface area contributed by atoms with Crippen molar-refractivity contribution >= 4 is 29.1 Å². The van der Waals surface area contributed by atoms with Gasteiger partial charge >= 0.3 is 0 Å². The lowest BCUT2D eigenvalue weighted by Gasteiger charge is -2.16. The molecule has 0 spiro atoms. The smallest absolute Gasteiger partial charge is 0.247 e. The van der Waals surface area contributed by atoms with Crippen LogP contribution < -0.4 is 11.2 Å². The number of aromatic nitrogens is 4. The monoisotopic (exact) mass is 365 g/mol. The van der Waals surface area contributed by atoms with E-state index in [1.807, 2.05) is 20.8 Å². The Morgan fingerprint density at radius 2 is 2.08 bits per heavy atom. The molecular formula is C15H23N7O4. The van der Waals surface area contributed by atoms with Gasteiger partial charge in [0.15, 0.2) is 17.7 Å². The maximum absolute atomic E-state index is 10.2. The minimum atomic E-state index is -1.25. The molecule has 0 radical (unpaired) electrons. The number of hydrogen-bond donors (Lipinski definition) is 5. The third-order valence-corrected chi connectivity index (χ3v) is 3.86. The van der Waals surface area contributed by atoms with Crippen LogP contribution in [0.15, 0.2) is 11.4 Å². The molecular weight excluding hydrogens is 342 g/mol. The Morgan fingerprint density at radius 1 is 1.35 bits per heavy atom. The van der Waals surface area contributed by atoms with Crippen LogP contribution in [0.5, 0.6) is 0 Å². The van der Waals surface area contributed by atoms with Gasteiger partial charge in [-0.1, -0.05) is 20.8 Å². The fourth-order valence-electron chi connectivity index (χ4n) is 2.57. The number of nitrogens with one attached hydrogen (secondary N) is 1. The first kappa shape index (κ1) is 18.5. The van der Waals surface area contributed by atoms with E-state index in [1.54, 1.807) is 6.21 Å². The Labute approximate surface area is 149 Å². The Morgan fingerprint density at radius 3 is 2.69 bits per heavy atom. The zero-order chi connectivity index (χ0) is 19.1. The summed E-state index contributed by atoms with van der Waals surface area (Å²) >= 11 is 0. The maximum atomic E-state index is 10.2. The molecule has 11 heteroatoms. The molecule has 142 valence electrons. The van der Waals surface area contributed by atoms with Crippen molar-refractivity contribution in [3.63, 3.8) is 0 Å². The van der Waals surface area contributed by atoms with Crippen LogP contribution >= 0.6 is 0 Å². The zero-order valence-corrected chi connectivity index (χ0v) is 14.7. The van der Waals surface area contributed by atoms with E-state index in [0.717, 1.165) is 0 Å². The number of nitrogens with two attached hydrogens (primary N) is 1. The van der Waals surface area contributed by atoms with Crippen molar-refractivity contribution in [2.75, 3.05) is 17.8 Å². The number of aliphatic hydroxyl groups excluding tert-OH is 3. The fraction of sp³-hybridized carbons (Fsp3) is 0.600. The van der Waals surface area contributed by atoms with Crippen molar-refractivity contribution in [2.24, 2.45) is 10.5 Å². The molecule has 3 heterocycles. The fourth-order valence-corrected chi connectivity index (χ4v) is 2.57. The van der Waals surface area contributed by atoms with Gasteiger partial charge in [0.2, 0.25) is 5.95 Å². The molecule has 2 aromatic heterocycles. The quantitative estimate of drug-likeness (QED) is 0.353. The molecule has 1 aliphatic rings. The molecule has 2 aromatic rings. The van der Waals surface area contributed by atoms with Gasteiger partial charge in [0.25, 0.3) is 0 Å². The first-order chi connectivity index (χ1) is 12.2. The maximum Gasteiger partial charge on any atom is 0.247 e. The number of imidazole rings is 1. The molecule has 4 atom stereocenters. The van der Waals surface area contributed by atoms with Gasteiger partial charge in [0.05, 0.1) is 12.9 Å². The standard InChI is InChI=1S/C15H23N7O4/c1-15(2,3)5-18-21-14-19-11(16)8-12(20-14)22(6-17-8)13-10(25)9(24)7(4-23)26-13/h5-7,9-10,13,23-25H,4H2,1-3H3,(H3,16,19,20,21)/b18-5+/t7-,9-,10-,13-/m1/s1. The lowest BCUT2D eigenvalue weighted by Crippen LogP contribution is -2.33. The van der Waals surface area contributed by atoms with E-state index in [0.29, 0.717) is 11.2 Å². The number of fused-ring (bicyclic) bond motifs is 1. The Bertz CT molecular complexity index is 816. The Balaban J connectivity index is 1.94. The van der Waals surface area contributed by atoms with Gasteiger partial charge in [0, 0.05) is 6.21 Å². The molecule has 0 unspecified atom stereocenters. The van der Waals surface area contributed by atoms with Gasteiger partial charge in [-0.2, -0.15) is 15.1 Å². The summed E-state index contributed by atoms with van der Waals surface area (Å²) in [4.78, 5) is 12.6. The third kappa shape index (κ3) is 3.46. The SMILES string of the molecule is CC(C)(C)/C=N/Nc1nc(N)c2ncn([C@@H]3O[C@H](CO)[C@@H](O)[C@H]3O)c2n1. The molecule has 0 amide bonds. The van der Waals surface area contributed by atoms with Crippen molar-refractivity contribution in [3.8, 4) is 0 Å². The van der Waals surface area contributed by atoms with Crippen LogP contribution in [-0.2, 0) is 4.74 Å². The Kier molecular flexibility index (Phi) is 4.80. The number of nitrogen functional groups attached to an aromatic ring is 1. The summed E-state index contributed by atoms with van der Waals surface area (Å²) in [7, 11) is 0. The molecule has 1 fully saturated rings. The van der Waals surface area contributed by atoms with Crippen LogP contribution in [0.3, 0.4) is 0 Å². The summed E-state index contributed by atoms with van der Waals surface area (Å²) in [6, 6.07) is 0. The van der Waals surface area contributed by atoms with Gasteiger partial charge in [0.1, 0.15) is 23.8 Å². The summed E-state index contributed by atoms with van der Waals surface area (Å²) < 4.78 is 6.95. The van der Waals surface area contributed by atoms with E-state index in [-0.39, 0.29) is 17.2 Å². The molecule has 11 nitrogen and oxygen atoms in total. The molecule has 0 aliphatic carbocycles. The third-order valence-electron chi connectivity index (χ3n) is 3.86. The van der Waals surface area contributed by atoms with E-state index in [1.165, 1.54) is 10.9 Å². The first-order valence-corrected chi connectivity index (χ1v) is 8.14. The molecule has 6 N–H and O–H groups in total. The van der Waals surface area contributed by atoms with Gasteiger partial charge in [-0.3, -0.25) is 4.57 Å². The average molecular weight is 365 g/mol. The highest BCUT2D eigenvalue weighted by Crippen LogP contribution is 2.32. The highest BCUT2D eigenvalue weighted by atomic mass is 16.6. The number of nitrogens with zero attached hydrogens (tertiary/aromatic N) is 5. The van der Waals surface area contributed by atoms with Crippen LogP contribution in [-0.4, -0.2) is 66.0 Å². The largest absolute Gasteiger partial charge is 0.394 e. The summed E-state index contributed by atoms with van der Waals surface area (Å²) in [6.45, 7) is 5.56. The molecule has 0 aromatic carbocycles. The van der Waals surface area contributed by atoms with Crippen molar-refractivity contribution in [3.05, 3.63) is 6.33 Å². The van der Waals surface area contributed by atoms with E-state index < -0.39 is 31.1 Å². The van der Waals surface area contributed by atoms with Crippen molar-refractivity contribution in [1.29, 1.82) is 0 Å². The van der Waals surface area contributed by atoms with Crippen LogP contribution in [0.4, 0.5) is 11.8 Å². The average Bonchev–Trinajstić information content (AvgIpc) is 3.09. The van der Waals surface area contributed by atoms with Crippen LogP contribution in [0.25, 0.3) is 11.2 Å². The zero-order valence-electron chi connectivity index (χ0n) is 14.7. The normalized spacial score (nSPS) is 26.8. The van der Waals surface area contributed by atoms with Crippen LogP contribution in [0.2, 0.25) is 0 Å². The second kappa shape index (κ2) is 6.76. The number of anilines is 2. The Hall–Kier alpha value is -2.34. The topological polar surface area (TPSA) is 164 Å². The number of aliphatic hydroxyl groups is 3. The number of hydrazone groups is 1. The summed E-state index contributed by atoms with van der Waals surface area (Å²) in [5.74, 6) is 0.290. The predicted molar refractivity (Wildman–Crippen MR) is 94.3 cm³/mol. The first-order valence-electron chi connectivity index (χ1n) is 8.14. The second-order valence-electron chi connectivity index (χ2n) is 7.22. The lowest BCUT2D eigenvalue weighted by atomic mass is 9.99. The number of hydrogen-bond acceptors (Lipinski definition) is 10. The molecule has 3 rings (SSSR count). The molecule has 0 saturated carbocycles. The molecule has 1 saturated heterocycles. The minimum Gasteiger partial charge on any atom is -0.394 e. The number of rotatable bonds is 4. The van der Waals surface area contributed by atoms with Crippen molar-refractivity contribution in [1.82, 2.24) is 19.5 Å². The van der Waals surface area contributed by atoms with Gasteiger partial charge < -0.3 is 25.8 Å². The van der Waals surface area contributed by atoms with Crippen molar-refractivity contribution in [2.45, 2.75) is 45.3 Å². The van der Waals surface area contributed by atoms with E-state index >= 15 is 0 Å². The molecule has 1 aliphatic heterocycles. The summed E-state index contributed by atoms with van der Waals surface area (Å²) in [5, 5.41) is 33.5. The van der Waals surface area contributed by atoms with E-state index in [2.05, 4.69) is 25.5 Å². The minimum absolute atomic E-state index is 0.123. The lowest BCUT2D eigenvalue weighted by molar-refractivity contribution is -0.0511.